The van der Waals surface area contributed by atoms with Crippen LogP contribution in [0.2, 0.25) is 0 Å². The van der Waals surface area contributed by atoms with Crippen LogP contribution in [0.1, 0.15) is 18.9 Å². The van der Waals surface area contributed by atoms with E-state index < -0.39 is 4.92 Å². The monoisotopic (exact) mass is 264 g/mol. The number of nitro benzene ring substituents is 1. The first-order valence-electron chi connectivity index (χ1n) is 6.12. The molecule has 1 saturated heterocycles. The van der Waals surface area contributed by atoms with Crippen LogP contribution in [0, 0.1) is 10.1 Å². The van der Waals surface area contributed by atoms with E-state index in [1.807, 2.05) is 6.92 Å². The summed E-state index contributed by atoms with van der Waals surface area (Å²) in [5, 5.41) is 10.9. The molecule has 1 aliphatic heterocycles. The smallest absolute Gasteiger partial charge is 0.323 e. The summed E-state index contributed by atoms with van der Waals surface area (Å²) in [5.41, 5.74) is 0.677. The zero-order valence-corrected chi connectivity index (χ0v) is 10.9. The van der Waals surface area contributed by atoms with E-state index in [0.717, 1.165) is 0 Å². The van der Waals surface area contributed by atoms with Crippen molar-refractivity contribution < 1.29 is 14.5 Å². The number of para-hydroxylation sites is 1. The van der Waals surface area contributed by atoms with E-state index in [2.05, 4.69) is 0 Å². The van der Waals surface area contributed by atoms with Crippen LogP contribution in [0.5, 0.6) is 0 Å². The molecule has 0 bridgehead atoms. The number of carbonyl (C=O) groups excluding carboxylic acids is 1. The van der Waals surface area contributed by atoms with Gasteiger partial charge in [-0.2, -0.15) is 0 Å². The van der Waals surface area contributed by atoms with Gasteiger partial charge in [-0.25, -0.2) is 0 Å². The third-order valence-electron chi connectivity index (χ3n) is 3.28. The lowest BCUT2D eigenvalue weighted by molar-refractivity contribution is -0.385. The molecule has 0 aromatic heterocycles. The minimum atomic E-state index is -0.404. The molecule has 0 saturated carbocycles. The van der Waals surface area contributed by atoms with Crippen molar-refractivity contribution in [1.82, 2.24) is 4.90 Å². The average Bonchev–Trinajstić information content (AvgIpc) is 2.69. The van der Waals surface area contributed by atoms with E-state index in [9.17, 15) is 14.9 Å². The number of likely N-dealkylation sites (N-methyl/N-ethyl adjacent to an activating group) is 1. The Labute approximate surface area is 111 Å². The maximum atomic E-state index is 11.6. The molecule has 102 valence electrons. The van der Waals surface area contributed by atoms with Gasteiger partial charge >= 0.3 is 5.97 Å². The number of carbonyl (C=O) groups is 1. The molecule has 0 radical (unpaired) electrons. The lowest BCUT2D eigenvalue weighted by Crippen LogP contribution is -2.34. The molecule has 0 unspecified atom stereocenters. The van der Waals surface area contributed by atoms with Gasteiger partial charge in [0.25, 0.3) is 5.69 Å². The predicted octanol–water partition coefficient (Wildman–Crippen LogP) is 1.73. The normalized spacial score (nSPS) is 22.6. The molecule has 1 aromatic carbocycles. The highest BCUT2D eigenvalue weighted by Gasteiger charge is 2.35. The Morgan fingerprint density at radius 1 is 1.47 bits per heavy atom. The van der Waals surface area contributed by atoms with Gasteiger partial charge in [-0.3, -0.25) is 19.8 Å². The van der Waals surface area contributed by atoms with Crippen molar-refractivity contribution in [3.05, 3.63) is 39.9 Å². The number of cyclic esters (lactones) is 1. The molecular formula is C13H16N2O4. The largest absolute Gasteiger partial charge is 0.461 e. The summed E-state index contributed by atoms with van der Waals surface area (Å²) in [6.45, 7) is 2.19. The van der Waals surface area contributed by atoms with Gasteiger partial charge in [0.1, 0.15) is 12.1 Å². The summed E-state index contributed by atoms with van der Waals surface area (Å²) in [5.74, 6) is -0.256. The summed E-state index contributed by atoms with van der Waals surface area (Å²) in [4.78, 5) is 24.0. The summed E-state index contributed by atoms with van der Waals surface area (Å²) < 4.78 is 5.10. The molecule has 2 atom stereocenters. The topological polar surface area (TPSA) is 72.7 Å². The SMILES string of the molecule is C[C@H]1C[C@@H](N(C)Cc2ccccc2[N+](=O)[O-])C(=O)O1. The van der Waals surface area contributed by atoms with Gasteiger partial charge in [0.2, 0.25) is 0 Å². The van der Waals surface area contributed by atoms with Crippen molar-refractivity contribution in [3.63, 3.8) is 0 Å². The molecule has 1 heterocycles. The standard InChI is InChI=1S/C13H16N2O4/c1-9-7-12(13(16)19-9)14(2)8-10-5-3-4-6-11(10)15(17)18/h3-6,9,12H,7-8H2,1-2H3/t9-,12+/m0/s1. The fourth-order valence-corrected chi connectivity index (χ4v) is 2.30. The van der Waals surface area contributed by atoms with Crippen LogP contribution in [0.15, 0.2) is 24.3 Å². The maximum Gasteiger partial charge on any atom is 0.323 e. The number of hydrogen-bond acceptors (Lipinski definition) is 5. The lowest BCUT2D eigenvalue weighted by Gasteiger charge is -2.20. The number of benzene rings is 1. The molecule has 6 nitrogen and oxygen atoms in total. The molecule has 19 heavy (non-hydrogen) atoms. The highest BCUT2D eigenvalue weighted by molar-refractivity contribution is 5.77. The van der Waals surface area contributed by atoms with Crippen molar-refractivity contribution in [2.45, 2.75) is 32.0 Å². The van der Waals surface area contributed by atoms with Crippen LogP contribution in [-0.4, -0.2) is 35.0 Å². The van der Waals surface area contributed by atoms with Gasteiger partial charge in [-0.15, -0.1) is 0 Å². The molecule has 2 rings (SSSR count). The van der Waals surface area contributed by atoms with Crippen LogP contribution < -0.4 is 0 Å². The van der Waals surface area contributed by atoms with Crippen LogP contribution in [-0.2, 0) is 16.1 Å². The first kappa shape index (κ1) is 13.5. The summed E-state index contributed by atoms with van der Waals surface area (Å²) in [6, 6.07) is 6.24. The average molecular weight is 264 g/mol. The molecule has 0 amide bonds. The van der Waals surface area contributed by atoms with E-state index >= 15 is 0 Å². The Balaban J connectivity index is 2.13. The summed E-state index contributed by atoms with van der Waals surface area (Å²) in [6.07, 6.45) is 0.529. The number of rotatable bonds is 4. The Morgan fingerprint density at radius 3 is 2.74 bits per heavy atom. The highest BCUT2D eigenvalue weighted by atomic mass is 16.6. The Morgan fingerprint density at radius 2 is 2.16 bits per heavy atom. The molecule has 6 heteroatoms. The summed E-state index contributed by atoms with van der Waals surface area (Å²) >= 11 is 0. The van der Waals surface area contributed by atoms with Crippen LogP contribution in [0.4, 0.5) is 5.69 Å². The van der Waals surface area contributed by atoms with Crippen molar-refractivity contribution >= 4 is 11.7 Å². The van der Waals surface area contributed by atoms with Gasteiger partial charge < -0.3 is 4.74 Å². The van der Waals surface area contributed by atoms with Gasteiger partial charge in [-0.1, -0.05) is 18.2 Å². The van der Waals surface area contributed by atoms with Crippen molar-refractivity contribution in [2.24, 2.45) is 0 Å². The zero-order valence-electron chi connectivity index (χ0n) is 10.9. The molecule has 0 aliphatic carbocycles. The highest BCUT2D eigenvalue weighted by Crippen LogP contribution is 2.24. The Bertz CT molecular complexity index is 503. The minimum Gasteiger partial charge on any atom is -0.461 e. The second kappa shape index (κ2) is 5.36. The van der Waals surface area contributed by atoms with Crippen LogP contribution in [0.25, 0.3) is 0 Å². The molecule has 0 N–H and O–H groups in total. The Hall–Kier alpha value is -1.95. The van der Waals surface area contributed by atoms with Crippen molar-refractivity contribution in [3.8, 4) is 0 Å². The molecule has 0 spiro atoms. The van der Waals surface area contributed by atoms with Crippen LogP contribution >= 0.6 is 0 Å². The van der Waals surface area contributed by atoms with Gasteiger partial charge in [0.15, 0.2) is 0 Å². The third-order valence-corrected chi connectivity index (χ3v) is 3.28. The van der Waals surface area contributed by atoms with Gasteiger partial charge in [0.05, 0.1) is 4.92 Å². The number of nitro groups is 1. The summed E-state index contributed by atoms with van der Waals surface area (Å²) in [7, 11) is 1.78. The van der Waals surface area contributed by atoms with Crippen molar-refractivity contribution in [1.29, 1.82) is 0 Å². The van der Waals surface area contributed by atoms with E-state index in [0.29, 0.717) is 18.5 Å². The first-order valence-corrected chi connectivity index (χ1v) is 6.12. The fourth-order valence-electron chi connectivity index (χ4n) is 2.30. The Kier molecular flexibility index (Phi) is 3.80. The molecule has 1 aliphatic rings. The maximum absolute atomic E-state index is 11.6. The van der Waals surface area contributed by atoms with E-state index in [4.69, 9.17) is 4.74 Å². The molecule has 1 aromatic rings. The van der Waals surface area contributed by atoms with E-state index in [1.165, 1.54) is 6.07 Å². The quantitative estimate of drug-likeness (QED) is 0.470. The minimum absolute atomic E-state index is 0.0776. The lowest BCUT2D eigenvalue weighted by atomic mass is 10.1. The van der Waals surface area contributed by atoms with Gasteiger partial charge in [-0.05, 0) is 14.0 Å². The second-order valence-corrected chi connectivity index (χ2v) is 4.80. The van der Waals surface area contributed by atoms with Gasteiger partial charge in [0, 0.05) is 24.6 Å². The molecular weight excluding hydrogens is 248 g/mol. The second-order valence-electron chi connectivity index (χ2n) is 4.80. The predicted molar refractivity (Wildman–Crippen MR) is 68.5 cm³/mol. The number of esters is 1. The third kappa shape index (κ3) is 2.90. The molecule has 1 fully saturated rings. The number of ether oxygens (including phenoxy) is 1. The van der Waals surface area contributed by atoms with E-state index in [1.54, 1.807) is 30.1 Å². The fraction of sp³-hybridized carbons (Fsp3) is 0.462. The van der Waals surface area contributed by atoms with E-state index in [-0.39, 0.29) is 23.8 Å². The van der Waals surface area contributed by atoms with Crippen molar-refractivity contribution in [2.75, 3.05) is 7.05 Å². The zero-order chi connectivity index (χ0) is 14.0. The number of nitrogens with zero attached hydrogens (tertiary/aromatic N) is 2. The number of hydrogen-bond donors (Lipinski definition) is 0. The first-order chi connectivity index (χ1) is 8.99. The van der Waals surface area contributed by atoms with Crippen LogP contribution in [0.3, 0.4) is 0 Å².